The smallest absolute Gasteiger partial charge is 0.352 e. The van der Waals surface area contributed by atoms with E-state index in [4.69, 9.17) is 0 Å². The molecule has 2 aromatic carbocycles. The number of rotatable bonds is 4. The predicted molar refractivity (Wildman–Crippen MR) is 104 cm³/mol. The molecule has 1 unspecified atom stereocenters. The maximum absolute atomic E-state index is 9.35. The number of benzene rings is 2. The number of pyridine rings is 1. The molecule has 0 saturated heterocycles. The molecule has 1 aliphatic rings. The molecule has 0 saturated carbocycles. The first-order chi connectivity index (χ1) is 12.3. The highest BCUT2D eigenvalue weighted by Crippen LogP contribution is 2.48. The van der Waals surface area contributed by atoms with Gasteiger partial charge in [-0.25, -0.2) is 0 Å². The fourth-order valence-electron chi connectivity index (χ4n) is 3.05. The van der Waals surface area contributed by atoms with E-state index in [0.717, 1.165) is 21.5 Å². The Kier molecular flexibility index (Phi) is 4.19. The van der Waals surface area contributed by atoms with Gasteiger partial charge in [-0.2, -0.15) is 0 Å². The first-order valence-corrected chi connectivity index (χ1v) is 11.3. The van der Waals surface area contributed by atoms with E-state index in [1.54, 1.807) is 17.4 Å². The molecule has 1 aromatic heterocycles. The molecule has 3 aromatic rings. The SMILES string of the molecule is [N-]=[N+]=N[Si]1(c2ccccc2)Sc2ccccc2N1Cc1ccccn1. The van der Waals surface area contributed by atoms with Gasteiger partial charge >= 0.3 is 7.55 Å². The molecule has 0 spiro atoms. The van der Waals surface area contributed by atoms with Crippen molar-refractivity contribution in [1.82, 2.24) is 4.98 Å². The summed E-state index contributed by atoms with van der Waals surface area (Å²) in [5.41, 5.74) is 11.4. The quantitative estimate of drug-likeness (QED) is 0.300. The maximum atomic E-state index is 9.35. The molecular formula is C18H15N5SSi. The first kappa shape index (κ1) is 15.8. The van der Waals surface area contributed by atoms with E-state index < -0.39 is 7.55 Å². The Labute approximate surface area is 150 Å². The third kappa shape index (κ3) is 2.78. The van der Waals surface area contributed by atoms with Crippen LogP contribution in [-0.4, -0.2) is 12.5 Å². The summed E-state index contributed by atoms with van der Waals surface area (Å²) in [6.45, 7) is 0.616. The maximum Gasteiger partial charge on any atom is 0.352 e. The fourth-order valence-corrected chi connectivity index (χ4v) is 9.56. The summed E-state index contributed by atoms with van der Waals surface area (Å²) in [5, 5.41) is 1.09. The van der Waals surface area contributed by atoms with Crippen molar-refractivity contribution in [1.29, 1.82) is 0 Å². The van der Waals surface area contributed by atoms with Crippen molar-refractivity contribution in [2.75, 3.05) is 4.57 Å². The zero-order valence-electron chi connectivity index (χ0n) is 13.4. The number of fused-ring (bicyclic) bond motifs is 1. The van der Waals surface area contributed by atoms with Crippen molar-refractivity contribution in [2.24, 2.45) is 4.78 Å². The standard InChI is InChI=1S/C18H15N5SSi/c19-21-22-25(16-9-2-1-3-10-16)23(14-15-8-6-7-13-20-15)17-11-4-5-12-18(17)24-25/h1-13H,14H2. The lowest BCUT2D eigenvalue weighted by molar-refractivity contribution is 0.952. The van der Waals surface area contributed by atoms with E-state index in [-0.39, 0.29) is 0 Å². The molecule has 0 bridgehead atoms. The zero-order valence-corrected chi connectivity index (χ0v) is 15.2. The topological polar surface area (TPSA) is 64.9 Å². The molecule has 2 heterocycles. The third-order valence-corrected chi connectivity index (χ3v) is 10.7. The normalized spacial score (nSPS) is 18.5. The highest BCUT2D eigenvalue weighted by Gasteiger charge is 2.49. The van der Waals surface area contributed by atoms with Crippen molar-refractivity contribution in [3.05, 3.63) is 95.1 Å². The number of anilines is 1. The van der Waals surface area contributed by atoms with Gasteiger partial charge in [-0.1, -0.05) is 53.3 Å². The van der Waals surface area contributed by atoms with Crippen LogP contribution in [0.5, 0.6) is 0 Å². The van der Waals surface area contributed by atoms with Crippen molar-refractivity contribution in [2.45, 2.75) is 11.4 Å². The largest absolute Gasteiger partial charge is 0.375 e. The lowest BCUT2D eigenvalue weighted by atomic mass is 10.3. The highest BCUT2D eigenvalue weighted by atomic mass is 32.4. The number of hydrogen-bond donors (Lipinski definition) is 0. The molecule has 0 fully saturated rings. The van der Waals surface area contributed by atoms with E-state index in [0.29, 0.717) is 6.54 Å². The van der Waals surface area contributed by atoms with Crippen LogP contribution in [0.15, 0.2) is 88.7 Å². The summed E-state index contributed by atoms with van der Waals surface area (Å²) in [6, 6.07) is 24.2. The minimum Gasteiger partial charge on any atom is -0.375 e. The molecule has 1 atom stereocenters. The van der Waals surface area contributed by atoms with E-state index in [2.05, 4.69) is 43.5 Å². The number of nitrogens with zero attached hydrogens (tertiary/aromatic N) is 5. The Morgan fingerprint density at radius 2 is 1.76 bits per heavy atom. The molecule has 0 N–H and O–H groups in total. The van der Waals surface area contributed by atoms with Crippen LogP contribution in [0.4, 0.5) is 5.69 Å². The second-order valence-corrected chi connectivity index (χ2v) is 11.1. The van der Waals surface area contributed by atoms with Gasteiger partial charge in [0.25, 0.3) is 0 Å². The van der Waals surface area contributed by atoms with Crippen LogP contribution >= 0.6 is 11.2 Å². The van der Waals surface area contributed by atoms with Gasteiger partial charge < -0.3 is 4.57 Å². The molecular weight excluding hydrogens is 346 g/mol. The Morgan fingerprint density at radius 1 is 1.00 bits per heavy atom. The van der Waals surface area contributed by atoms with Crippen molar-refractivity contribution in [3.8, 4) is 0 Å². The molecule has 0 radical (unpaired) electrons. The van der Waals surface area contributed by atoms with Crippen LogP contribution in [0.25, 0.3) is 10.4 Å². The summed E-state index contributed by atoms with van der Waals surface area (Å²) in [4.78, 5) is 8.87. The second-order valence-electron chi connectivity index (χ2n) is 5.64. The molecule has 0 aliphatic carbocycles. The van der Waals surface area contributed by atoms with Gasteiger partial charge in [-0.3, -0.25) is 4.98 Å². The first-order valence-electron chi connectivity index (χ1n) is 7.91. The molecule has 122 valence electrons. The average molecular weight is 362 g/mol. The van der Waals surface area contributed by atoms with Gasteiger partial charge in [0.15, 0.2) is 0 Å². The Balaban J connectivity index is 1.88. The fraction of sp³-hybridized carbons (Fsp3) is 0.0556. The zero-order chi connectivity index (χ0) is 17.1. The summed E-state index contributed by atoms with van der Waals surface area (Å²) in [5.74, 6) is 0. The van der Waals surface area contributed by atoms with Crippen LogP contribution in [0, 0.1) is 0 Å². The van der Waals surface area contributed by atoms with Gasteiger partial charge in [0, 0.05) is 21.7 Å². The monoisotopic (exact) mass is 361 g/mol. The molecule has 1 aliphatic heterocycles. The van der Waals surface area contributed by atoms with Gasteiger partial charge in [0.05, 0.1) is 12.2 Å². The average Bonchev–Trinajstić information content (AvgIpc) is 2.98. The van der Waals surface area contributed by atoms with E-state index in [1.807, 2.05) is 48.5 Å². The Morgan fingerprint density at radius 3 is 2.52 bits per heavy atom. The second kappa shape index (κ2) is 6.64. The van der Waals surface area contributed by atoms with Crippen LogP contribution in [0.2, 0.25) is 0 Å². The summed E-state index contributed by atoms with van der Waals surface area (Å²) >= 11 is 1.71. The van der Waals surface area contributed by atoms with Gasteiger partial charge in [-0.05, 0) is 35.0 Å². The van der Waals surface area contributed by atoms with E-state index in [9.17, 15) is 5.53 Å². The molecule has 5 nitrogen and oxygen atoms in total. The van der Waals surface area contributed by atoms with Gasteiger partial charge in [-0.15, -0.1) is 11.2 Å². The number of azide groups is 1. The molecule has 25 heavy (non-hydrogen) atoms. The number of hydrogen-bond acceptors (Lipinski definition) is 4. The predicted octanol–water partition coefficient (Wildman–Crippen LogP) is 4.35. The molecule has 7 heteroatoms. The van der Waals surface area contributed by atoms with Crippen LogP contribution < -0.4 is 9.75 Å². The molecule has 4 rings (SSSR count). The van der Waals surface area contributed by atoms with Crippen LogP contribution in [-0.2, 0) is 6.54 Å². The number of aromatic nitrogens is 1. The minimum absolute atomic E-state index is 0.616. The van der Waals surface area contributed by atoms with Crippen LogP contribution in [0.1, 0.15) is 5.69 Å². The van der Waals surface area contributed by atoms with E-state index in [1.165, 1.54) is 0 Å². The summed E-state index contributed by atoms with van der Waals surface area (Å²) < 4.78 is 6.67. The van der Waals surface area contributed by atoms with Gasteiger partial charge in [0.2, 0.25) is 0 Å². The van der Waals surface area contributed by atoms with E-state index >= 15 is 0 Å². The Bertz CT molecular complexity index is 930. The van der Waals surface area contributed by atoms with Crippen LogP contribution in [0.3, 0.4) is 0 Å². The lowest BCUT2D eigenvalue weighted by Crippen LogP contribution is -2.56. The van der Waals surface area contributed by atoms with Gasteiger partial charge in [0.1, 0.15) is 0 Å². The Hall–Kier alpha value is -2.73. The molecule has 0 amide bonds. The lowest BCUT2D eigenvalue weighted by Gasteiger charge is -2.33. The summed E-state index contributed by atoms with van der Waals surface area (Å²) in [6.07, 6.45) is 1.80. The number of para-hydroxylation sites is 1. The van der Waals surface area contributed by atoms with Crippen molar-refractivity contribution in [3.63, 3.8) is 0 Å². The summed E-state index contributed by atoms with van der Waals surface area (Å²) in [7, 11) is -2.71. The minimum atomic E-state index is -2.71. The third-order valence-electron chi connectivity index (χ3n) is 4.15. The van der Waals surface area contributed by atoms with Crippen molar-refractivity contribution >= 4 is 29.6 Å². The highest BCUT2D eigenvalue weighted by molar-refractivity contribution is 8.31. The van der Waals surface area contributed by atoms with Crippen molar-refractivity contribution < 1.29 is 0 Å².